The SMILES string of the molecule is COc1ccc(CCN2C(=O)C(CC(=O)Nc3cccc(Cl)c3)SC2=Nc2ccccc2F)cc1OC. The molecule has 0 bridgehead atoms. The normalized spacial score (nSPS) is 16.2. The molecule has 3 aromatic rings. The molecule has 0 aliphatic carbocycles. The predicted molar refractivity (Wildman–Crippen MR) is 145 cm³/mol. The van der Waals surface area contributed by atoms with Crippen molar-refractivity contribution in [2.45, 2.75) is 18.1 Å². The third-order valence-electron chi connectivity index (χ3n) is 5.64. The first-order valence-corrected chi connectivity index (χ1v) is 12.7. The van der Waals surface area contributed by atoms with Crippen LogP contribution >= 0.6 is 23.4 Å². The molecule has 192 valence electrons. The van der Waals surface area contributed by atoms with E-state index in [4.69, 9.17) is 21.1 Å². The smallest absolute Gasteiger partial charge is 0.242 e. The van der Waals surface area contributed by atoms with Crippen molar-refractivity contribution in [2.75, 3.05) is 26.1 Å². The molecule has 1 unspecified atom stereocenters. The maximum absolute atomic E-state index is 14.3. The van der Waals surface area contributed by atoms with Crippen LogP contribution < -0.4 is 14.8 Å². The minimum Gasteiger partial charge on any atom is -0.493 e. The molecule has 2 amide bonds. The molecule has 0 aromatic heterocycles. The summed E-state index contributed by atoms with van der Waals surface area (Å²) in [5, 5.41) is 2.90. The van der Waals surface area contributed by atoms with Crippen LogP contribution in [0.2, 0.25) is 5.02 Å². The highest BCUT2D eigenvalue weighted by Crippen LogP contribution is 2.33. The van der Waals surface area contributed by atoms with Crippen molar-refractivity contribution < 1.29 is 23.5 Å². The third-order valence-corrected chi connectivity index (χ3v) is 7.05. The number of hydrogen-bond donors (Lipinski definition) is 1. The molecular formula is C27H25ClFN3O4S. The predicted octanol–water partition coefficient (Wildman–Crippen LogP) is 5.70. The Balaban J connectivity index is 1.53. The van der Waals surface area contributed by atoms with Gasteiger partial charge in [0.15, 0.2) is 16.7 Å². The number of benzene rings is 3. The molecule has 10 heteroatoms. The van der Waals surface area contributed by atoms with Crippen molar-refractivity contribution >= 4 is 51.7 Å². The Bertz CT molecular complexity index is 1340. The van der Waals surface area contributed by atoms with Gasteiger partial charge in [-0.15, -0.1) is 0 Å². The molecule has 1 atom stereocenters. The Morgan fingerprint density at radius 1 is 1.08 bits per heavy atom. The van der Waals surface area contributed by atoms with E-state index in [-0.39, 0.29) is 23.9 Å². The van der Waals surface area contributed by atoms with Crippen molar-refractivity contribution in [3.63, 3.8) is 0 Å². The zero-order valence-corrected chi connectivity index (χ0v) is 21.8. The van der Waals surface area contributed by atoms with Crippen molar-refractivity contribution in [3.05, 3.63) is 83.1 Å². The van der Waals surface area contributed by atoms with Gasteiger partial charge >= 0.3 is 0 Å². The van der Waals surface area contributed by atoms with E-state index in [9.17, 15) is 14.0 Å². The molecule has 0 saturated carbocycles. The van der Waals surface area contributed by atoms with Gasteiger partial charge in [-0.25, -0.2) is 9.38 Å². The molecule has 0 spiro atoms. The highest BCUT2D eigenvalue weighted by atomic mass is 35.5. The number of carbonyl (C=O) groups is 2. The van der Waals surface area contributed by atoms with Crippen LogP contribution in [0.3, 0.4) is 0 Å². The topological polar surface area (TPSA) is 80.2 Å². The van der Waals surface area contributed by atoms with Crippen LogP contribution in [0.4, 0.5) is 15.8 Å². The Hall–Kier alpha value is -3.56. The van der Waals surface area contributed by atoms with E-state index in [2.05, 4.69) is 10.3 Å². The Morgan fingerprint density at radius 2 is 1.86 bits per heavy atom. The highest BCUT2D eigenvalue weighted by Gasteiger charge is 2.39. The quantitative estimate of drug-likeness (QED) is 0.376. The average molecular weight is 542 g/mol. The summed E-state index contributed by atoms with van der Waals surface area (Å²) in [4.78, 5) is 32.0. The fraction of sp³-hybridized carbons (Fsp3) is 0.222. The average Bonchev–Trinajstić information content (AvgIpc) is 3.17. The minimum atomic E-state index is -0.699. The van der Waals surface area contributed by atoms with E-state index >= 15 is 0 Å². The number of amidine groups is 1. The summed E-state index contributed by atoms with van der Waals surface area (Å²) in [6.45, 7) is 0.293. The molecule has 1 aliphatic rings. The lowest BCUT2D eigenvalue weighted by molar-refractivity contribution is -0.128. The maximum Gasteiger partial charge on any atom is 0.242 e. The summed E-state index contributed by atoms with van der Waals surface area (Å²) >= 11 is 7.14. The molecule has 1 heterocycles. The molecule has 1 aliphatic heterocycles. The first-order chi connectivity index (χ1) is 17.9. The van der Waals surface area contributed by atoms with Crippen molar-refractivity contribution in [1.82, 2.24) is 4.90 Å². The standard InChI is InChI=1S/C27H25ClFN3O4S/c1-35-22-11-10-17(14-23(22)36-2)12-13-32-26(34)24(16-25(33)30-19-7-5-6-18(28)15-19)37-27(32)31-21-9-4-3-8-20(21)29/h3-11,14-15,24H,12-13,16H2,1-2H3,(H,30,33). The van der Waals surface area contributed by atoms with Gasteiger partial charge in [-0.2, -0.15) is 0 Å². The summed E-state index contributed by atoms with van der Waals surface area (Å²) in [7, 11) is 3.12. The number of aliphatic imine (C=N–C) groups is 1. The number of amides is 2. The molecule has 1 fully saturated rings. The van der Waals surface area contributed by atoms with Gasteiger partial charge in [0, 0.05) is 23.7 Å². The third kappa shape index (κ3) is 6.61. The molecule has 3 aromatic carbocycles. The summed E-state index contributed by atoms with van der Waals surface area (Å²) < 4.78 is 25.0. The van der Waals surface area contributed by atoms with E-state index in [0.29, 0.717) is 40.3 Å². The molecule has 1 N–H and O–H groups in total. The number of ether oxygens (including phenoxy) is 2. The fourth-order valence-electron chi connectivity index (χ4n) is 3.80. The molecule has 37 heavy (non-hydrogen) atoms. The van der Waals surface area contributed by atoms with E-state index in [1.165, 1.54) is 11.0 Å². The number of nitrogens with one attached hydrogen (secondary N) is 1. The molecule has 0 radical (unpaired) electrons. The van der Waals surface area contributed by atoms with E-state index in [0.717, 1.165) is 17.3 Å². The largest absolute Gasteiger partial charge is 0.493 e. The first kappa shape index (κ1) is 26.5. The van der Waals surface area contributed by atoms with Gasteiger partial charge in [0.05, 0.1) is 14.2 Å². The van der Waals surface area contributed by atoms with Gasteiger partial charge in [0.25, 0.3) is 0 Å². The van der Waals surface area contributed by atoms with Gasteiger partial charge in [-0.05, 0) is 54.4 Å². The molecule has 4 rings (SSSR count). The maximum atomic E-state index is 14.3. The molecule has 7 nitrogen and oxygen atoms in total. The number of nitrogens with zero attached hydrogens (tertiary/aromatic N) is 2. The zero-order chi connectivity index (χ0) is 26.4. The number of methoxy groups -OCH3 is 2. The van der Waals surface area contributed by atoms with Crippen LogP contribution in [-0.2, 0) is 16.0 Å². The van der Waals surface area contributed by atoms with Crippen LogP contribution in [0.1, 0.15) is 12.0 Å². The summed E-state index contributed by atoms with van der Waals surface area (Å²) in [6, 6.07) is 18.4. The van der Waals surface area contributed by atoms with Crippen LogP contribution in [0.25, 0.3) is 0 Å². The van der Waals surface area contributed by atoms with Gasteiger partial charge in [0.1, 0.15) is 16.8 Å². The van der Waals surface area contributed by atoms with Gasteiger partial charge in [0.2, 0.25) is 11.8 Å². The van der Waals surface area contributed by atoms with E-state index < -0.39 is 11.1 Å². The monoisotopic (exact) mass is 541 g/mol. The summed E-state index contributed by atoms with van der Waals surface area (Å²) in [5.74, 6) is 0.0940. The zero-order valence-electron chi connectivity index (χ0n) is 20.2. The van der Waals surface area contributed by atoms with Crippen LogP contribution in [0, 0.1) is 5.82 Å². The minimum absolute atomic E-state index is 0.0703. The lowest BCUT2D eigenvalue weighted by Crippen LogP contribution is -2.35. The van der Waals surface area contributed by atoms with Crippen LogP contribution in [0.5, 0.6) is 11.5 Å². The van der Waals surface area contributed by atoms with Gasteiger partial charge < -0.3 is 14.8 Å². The fourth-order valence-corrected chi connectivity index (χ4v) is 5.17. The van der Waals surface area contributed by atoms with Crippen LogP contribution in [0.15, 0.2) is 71.7 Å². The lowest BCUT2D eigenvalue weighted by Gasteiger charge is -2.17. The number of hydrogen-bond acceptors (Lipinski definition) is 6. The number of halogens is 2. The summed E-state index contributed by atoms with van der Waals surface area (Å²) in [5.41, 5.74) is 1.58. The number of thioether (sulfide) groups is 1. The Morgan fingerprint density at radius 3 is 2.59 bits per heavy atom. The van der Waals surface area contributed by atoms with Crippen molar-refractivity contribution in [2.24, 2.45) is 4.99 Å². The van der Waals surface area contributed by atoms with E-state index in [1.807, 2.05) is 12.1 Å². The Kier molecular flexibility index (Phi) is 8.68. The first-order valence-electron chi connectivity index (χ1n) is 11.5. The lowest BCUT2D eigenvalue weighted by atomic mass is 10.1. The number of para-hydroxylation sites is 1. The van der Waals surface area contributed by atoms with Gasteiger partial charge in [-0.1, -0.05) is 47.6 Å². The Labute approximate surface area is 223 Å². The summed E-state index contributed by atoms with van der Waals surface area (Å²) in [6.07, 6.45) is 0.420. The van der Waals surface area contributed by atoms with Crippen molar-refractivity contribution in [1.29, 1.82) is 0 Å². The molecule has 1 saturated heterocycles. The highest BCUT2D eigenvalue weighted by molar-refractivity contribution is 8.15. The number of anilines is 1. The number of carbonyl (C=O) groups excluding carboxylic acids is 2. The number of rotatable bonds is 9. The second-order valence-electron chi connectivity index (χ2n) is 8.14. The second kappa shape index (κ2) is 12.1. The second-order valence-corrected chi connectivity index (χ2v) is 9.75. The van der Waals surface area contributed by atoms with E-state index in [1.54, 1.807) is 62.8 Å². The van der Waals surface area contributed by atoms with Gasteiger partial charge in [-0.3, -0.25) is 14.5 Å². The van der Waals surface area contributed by atoms with Crippen LogP contribution in [-0.4, -0.2) is 47.9 Å². The molecular weight excluding hydrogens is 517 g/mol. The van der Waals surface area contributed by atoms with Crippen molar-refractivity contribution in [3.8, 4) is 11.5 Å².